The van der Waals surface area contributed by atoms with E-state index >= 15 is 0 Å². The molecular formula is C50H63N7O11. The summed E-state index contributed by atoms with van der Waals surface area (Å²) < 4.78 is 29.2. The molecular weight excluding hydrogens is 875 g/mol. The largest absolute Gasteiger partial charge is 0.497 e. The van der Waals surface area contributed by atoms with Gasteiger partial charge >= 0.3 is 12.2 Å². The number of fused-ring (bicyclic) bond motifs is 4. The molecule has 3 aromatic carbocycles. The van der Waals surface area contributed by atoms with Gasteiger partial charge < -0.3 is 59.3 Å². The summed E-state index contributed by atoms with van der Waals surface area (Å²) in [5, 5.41) is 11.4. The lowest BCUT2D eigenvalue weighted by molar-refractivity contribution is -0.141. The first kappa shape index (κ1) is 49.3. The lowest BCUT2D eigenvalue weighted by atomic mass is 9.83. The van der Waals surface area contributed by atoms with Crippen LogP contribution in [0.5, 0.6) is 5.75 Å². The molecule has 18 heteroatoms. The summed E-state index contributed by atoms with van der Waals surface area (Å²) >= 11 is 0. The smallest absolute Gasteiger partial charge is 0.407 e. The van der Waals surface area contributed by atoms with Gasteiger partial charge in [-0.15, -0.1) is 0 Å². The van der Waals surface area contributed by atoms with Crippen molar-refractivity contribution in [1.82, 2.24) is 35.6 Å². The number of nitrogens with zero attached hydrogens (tertiary/aromatic N) is 3. The zero-order valence-corrected chi connectivity index (χ0v) is 39.3. The van der Waals surface area contributed by atoms with Crippen LogP contribution in [0.15, 0.2) is 66.7 Å². The van der Waals surface area contributed by atoms with Gasteiger partial charge in [0.15, 0.2) is 6.10 Å². The number of hydrogen-bond acceptors (Lipinski definition) is 11. The normalized spacial score (nSPS) is 15.7. The summed E-state index contributed by atoms with van der Waals surface area (Å²) in [5.41, 5.74) is 5.66. The maximum absolute atomic E-state index is 14.4. The molecule has 4 N–H and O–H groups in total. The van der Waals surface area contributed by atoms with Gasteiger partial charge in [-0.05, 0) is 60.1 Å². The van der Waals surface area contributed by atoms with E-state index in [1.165, 1.54) is 14.0 Å². The highest BCUT2D eigenvalue weighted by Crippen LogP contribution is 2.44. The molecule has 1 saturated heterocycles. The average Bonchev–Trinajstić information content (AvgIpc) is 3.85. The van der Waals surface area contributed by atoms with Crippen molar-refractivity contribution in [1.29, 1.82) is 0 Å². The van der Waals surface area contributed by atoms with Crippen molar-refractivity contribution in [3.05, 3.63) is 89.1 Å². The first-order chi connectivity index (χ1) is 33.0. The Morgan fingerprint density at radius 1 is 0.750 bits per heavy atom. The first-order valence-electron chi connectivity index (χ1n) is 23.5. The molecule has 0 spiro atoms. The van der Waals surface area contributed by atoms with E-state index in [2.05, 4.69) is 45.5 Å². The van der Waals surface area contributed by atoms with Crippen LogP contribution in [-0.4, -0.2) is 149 Å². The van der Waals surface area contributed by atoms with Crippen LogP contribution in [0.3, 0.4) is 0 Å². The van der Waals surface area contributed by atoms with E-state index in [0.29, 0.717) is 16.7 Å². The van der Waals surface area contributed by atoms with Crippen LogP contribution in [0.2, 0.25) is 0 Å². The fraction of sp³-hybridized carbons (Fsp3) is 0.480. The second-order valence-electron chi connectivity index (χ2n) is 17.2. The fourth-order valence-electron chi connectivity index (χ4n) is 9.41. The number of alkyl carbamates (subject to hydrolysis) is 2. The highest BCUT2D eigenvalue weighted by Gasteiger charge is 2.38. The van der Waals surface area contributed by atoms with E-state index in [9.17, 15) is 28.8 Å². The number of nitrogens with one attached hydrogen (secondary N) is 4. The molecule has 68 heavy (non-hydrogen) atoms. The number of methoxy groups -OCH3 is 1. The minimum atomic E-state index is -1.10. The van der Waals surface area contributed by atoms with Crippen molar-refractivity contribution in [2.75, 3.05) is 86.5 Å². The molecule has 18 nitrogen and oxygen atoms in total. The van der Waals surface area contributed by atoms with Gasteiger partial charge in [0, 0.05) is 70.7 Å². The summed E-state index contributed by atoms with van der Waals surface area (Å²) in [5.74, 6) is -1.13. The zero-order chi connectivity index (χ0) is 48.2. The number of amides is 6. The molecule has 2 unspecified atom stereocenters. The number of ether oxygens (including phenoxy) is 5. The van der Waals surface area contributed by atoms with E-state index in [4.69, 9.17) is 23.7 Å². The highest BCUT2D eigenvalue weighted by atomic mass is 16.6. The summed E-state index contributed by atoms with van der Waals surface area (Å²) in [6, 6.07) is 20.8. The van der Waals surface area contributed by atoms with Crippen molar-refractivity contribution in [3.63, 3.8) is 0 Å². The van der Waals surface area contributed by atoms with E-state index in [1.807, 2.05) is 24.3 Å². The van der Waals surface area contributed by atoms with Crippen molar-refractivity contribution in [3.8, 4) is 16.9 Å². The summed E-state index contributed by atoms with van der Waals surface area (Å²) in [7, 11) is 4.68. The van der Waals surface area contributed by atoms with Crippen LogP contribution in [0.4, 0.5) is 9.59 Å². The van der Waals surface area contributed by atoms with E-state index in [-0.39, 0.29) is 107 Å². The Morgan fingerprint density at radius 3 is 2.00 bits per heavy atom. The molecule has 4 aromatic rings. The van der Waals surface area contributed by atoms with Crippen LogP contribution < -0.4 is 26.0 Å². The summed E-state index contributed by atoms with van der Waals surface area (Å²) in [6.07, 6.45) is 2.15. The molecule has 7 rings (SSSR count). The summed E-state index contributed by atoms with van der Waals surface area (Å²) in [4.78, 5) is 83.1. The van der Waals surface area contributed by atoms with E-state index in [1.54, 1.807) is 46.7 Å². The maximum atomic E-state index is 14.4. The monoisotopic (exact) mass is 937 g/mol. The Bertz CT molecular complexity index is 2400. The minimum Gasteiger partial charge on any atom is -0.497 e. The Morgan fingerprint density at radius 2 is 1.37 bits per heavy atom. The van der Waals surface area contributed by atoms with Gasteiger partial charge in [0.1, 0.15) is 24.1 Å². The van der Waals surface area contributed by atoms with Crippen molar-refractivity contribution in [2.24, 2.45) is 13.0 Å². The predicted molar refractivity (Wildman–Crippen MR) is 253 cm³/mol. The molecule has 1 aromatic heterocycles. The standard InChI is InChI=1S/C50H63N7O11/c1-32(68-49(62)51-2)45(58)54-43(33-12-6-5-7-13-33)47(60)56-22-24-57(25-23-56)48(61)44-42(39-19-18-34(64-4)30-41(39)55(44)3)46(59)52-20-26-65-28-29-66-27-21-53-50(63)67-31-40-37-16-10-8-14-35(37)36-15-9-11-17-38(36)40/h8-11,14-19,30,32-33,40,43H,5-7,12-13,20-29,31H2,1-4H3,(H,51,62)(H,52,59)(H,53,63)(H,54,58). The molecule has 2 aliphatic carbocycles. The average molecular weight is 938 g/mol. The quantitative estimate of drug-likeness (QED) is 0.0958. The number of aromatic nitrogens is 1. The molecule has 0 radical (unpaired) electrons. The van der Waals surface area contributed by atoms with Gasteiger partial charge in [0.2, 0.25) is 5.91 Å². The second-order valence-corrected chi connectivity index (χ2v) is 17.2. The van der Waals surface area contributed by atoms with Gasteiger partial charge in [0.25, 0.3) is 17.7 Å². The third-order valence-corrected chi connectivity index (χ3v) is 13.0. The number of carbonyl (C=O) groups excluding carboxylic acids is 6. The lowest BCUT2D eigenvalue weighted by Gasteiger charge is -2.39. The van der Waals surface area contributed by atoms with Crippen molar-refractivity contribution < 1.29 is 52.5 Å². The molecule has 3 aliphatic rings. The first-order valence-corrected chi connectivity index (χ1v) is 23.5. The third kappa shape index (κ3) is 11.5. The number of hydrogen-bond donors (Lipinski definition) is 4. The Balaban J connectivity index is 0.866. The number of rotatable bonds is 19. The Labute approximate surface area is 396 Å². The van der Waals surface area contributed by atoms with E-state index in [0.717, 1.165) is 54.4 Å². The Kier molecular flexibility index (Phi) is 16.9. The molecule has 0 bridgehead atoms. The fourth-order valence-corrected chi connectivity index (χ4v) is 9.41. The van der Waals surface area contributed by atoms with Gasteiger partial charge in [-0.1, -0.05) is 67.8 Å². The molecule has 6 amide bonds. The van der Waals surface area contributed by atoms with Crippen LogP contribution >= 0.6 is 0 Å². The lowest BCUT2D eigenvalue weighted by Crippen LogP contribution is -2.59. The zero-order valence-electron chi connectivity index (χ0n) is 39.3. The molecule has 2 atom stereocenters. The van der Waals surface area contributed by atoms with Crippen LogP contribution in [0.25, 0.3) is 22.0 Å². The van der Waals surface area contributed by atoms with E-state index < -0.39 is 36.1 Å². The maximum Gasteiger partial charge on any atom is 0.407 e. The highest BCUT2D eigenvalue weighted by molar-refractivity contribution is 6.16. The topological polar surface area (TPSA) is 208 Å². The van der Waals surface area contributed by atoms with Crippen LogP contribution in [0, 0.1) is 5.92 Å². The van der Waals surface area contributed by atoms with Crippen molar-refractivity contribution in [2.45, 2.75) is 57.1 Å². The van der Waals surface area contributed by atoms with Gasteiger partial charge in [-0.25, -0.2) is 9.59 Å². The summed E-state index contributed by atoms with van der Waals surface area (Å²) in [6.45, 7) is 3.95. The SMILES string of the molecule is CNC(=O)OC(C)C(=O)NC(C(=O)N1CCN(C(=O)c2c(C(=O)NCCOCCOCCNC(=O)OCC3c4ccccc4-c4ccccc43)c3ccc(OC)cc3n2C)CC1)C1CCCCC1. The number of piperazine rings is 1. The number of benzene rings is 3. The minimum absolute atomic E-state index is 0.0244. The molecule has 2 fully saturated rings. The predicted octanol–water partition coefficient (Wildman–Crippen LogP) is 4.58. The van der Waals surface area contributed by atoms with Crippen LogP contribution in [0.1, 0.15) is 76.9 Å². The number of carbonyl (C=O) groups is 6. The van der Waals surface area contributed by atoms with Gasteiger partial charge in [0.05, 0.1) is 44.6 Å². The Hall–Kier alpha value is -6.66. The molecule has 1 aliphatic heterocycles. The molecule has 1 saturated carbocycles. The molecule has 2 heterocycles. The van der Waals surface area contributed by atoms with Crippen LogP contribution in [-0.2, 0) is 35.6 Å². The number of aryl methyl sites for hydroxylation is 1. The van der Waals surface area contributed by atoms with Gasteiger partial charge in [-0.3, -0.25) is 19.2 Å². The second kappa shape index (κ2) is 23.4. The third-order valence-electron chi connectivity index (χ3n) is 13.0. The van der Waals surface area contributed by atoms with Crippen molar-refractivity contribution >= 4 is 46.7 Å². The molecule has 364 valence electrons. The van der Waals surface area contributed by atoms with Gasteiger partial charge in [-0.2, -0.15) is 0 Å².